The largest absolute Gasteiger partial charge is 0.477 e. The van der Waals surface area contributed by atoms with Crippen LogP contribution >= 0.6 is 15.9 Å². The van der Waals surface area contributed by atoms with Gasteiger partial charge in [0.05, 0.1) is 6.61 Å². The fourth-order valence-electron chi connectivity index (χ4n) is 1.56. The number of ether oxygens (including phenoxy) is 1. The first-order chi connectivity index (χ1) is 9.90. The Kier molecular flexibility index (Phi) is 4.66. The summed E-state index contributed by atoms with van der Waals surface area (Å²) in [4.78, 5) is 7.45. The molecule has 0 saturated carbocycles. The van der Waals surface area contributed by atoms with Crippen LogP contribution < -0.4 is 10.1 Å². The molecule has 0 fully saturated rings. The van der Waals surface area contributed by atoms with Crippen LogP contribution in [0.4, 0.5) is 24.8 Å². The van der Waals surface area contributed by atoms with Gasteiger partial charge in [0.2, 0.25) is 11.8 Å². The lowest BCUT2D eigenvalue weighted by Gasteiger charge is -2.13. The Balaban J connectivity index is 2.31. The zero-order valence-electron chi connectivity index (χ0n) is 10.9. The van der Waals surface area contributed by atoms with Gasteiger partial charge in [0.25, 0.3) is 0 Å². The van der Waals surface area contributed by atoms with Crippen LogP contribution in [0.15, 0.2) is 34.9 Å². The van der Waals surface area contributed by atoms with Gasteiger partial charge in [0.1, 0.15) is 5.56 Å². The Morgan fingerprint density at radius 2 is 2.10 bits per heavy atom. The molecule has 0 aliphatic carbocycles. The molecule has 4 nitrogen and oxygen atoms in total. The van der Waals surface area contributed by atoms with E-state index in [1.165, 1.54) is 0 Å². The Hall–Kier alpha value is -1.83. The van der Waals surface area contributed by atoms with Crippen LogP contribution in [0, 0.1) is 0 Å². The van der Waals surface area contributed by atoms with Gasteiger partial charge in [-0.2, -0.15) is 18.2 Å². The van der Waals surface area contributed by atoms with Crippen molar-refractivity contribution in [2.45, 2.75) is 13.1 Å². The molecule has 0 atom stereocenters. The third-order valence-corrected chi connectivity index (χ3v) is 2.91. The molecule has 0 aliphatic heterocycles. The van der Waals surface area contributed by atoms with Gasteiger partial charge in [-0.25, -0.2) is 4.98 Å². The van der Waals surface area contributed by atoms with Gasteiger partial charge < -0.3 is 10.1 Å². The summed E-state index contributed by atoms with van der Waals surface area (Å²) < 4.78 is 44.2. The maximum atomic E-state index is 12.8. The van der Waals surface area contributed by atoms with E-state index in [1.54, 1.807) is 25.1 Å². The molecule has 112 valence electrons. The van der Waals surface area contributed by atoms with Crippen molar-refractivity contribution in [2.75, 3.05) is 11.9 Å². The number of alkyl halides is 3. The number of hydrogen-bond donors (Lipinski definition) is 1. The molecule has 1 heterocycles. The Labute approximate surface area is 127 Å². The topological polar surface area (TPSA) is 47.0 Å². The van der Waals surface area contributed by atoms with E-state index in [4.69, 9.17) is 4.74 Å². The average Bonchev–Trinajstić information content (AvgIpc) is 2.38. The lowest BCUT2D eigenvalue weighted by molar-refractivity contribution is -0.139. The zero-order chi connectivity index (χ0) is 15.5. The first-order valence-electron chi connectivity index (χ1n) is 5.99. The monoisotopic (exact) mass is 361 g/mol. The number of hydrogen-bond acceptors (Lipinski definition) is 4. The molecule has 0 bridgehead atoms. The van der Waals surface area contributed by atoms with Crippen molar-refractivity contribution in [3.8, 4) is 5.88 Å². The zero-order valence-corrected chi connectivity index (χ0v) is 12.5. The van der Waals surface area contributed by atoms with Crippen LogP contribution in [0.5, 0.6) is 5.88 Å². The Bertz CT molecular complexity index is 634. The quantitative estimate of drug-likeness (QED) is 0.876. The number of anilines is 2. The Morgan fingerprint density at radius 3 is 2.71 bits per heavy atom. The van der Waals surface area contributed by atoms with Gasteiger partial charge in [-0.1, -0.05) is 22.0 Å². The minimum atomic E-state index is -4.56. The molecule has 1 N–H and O–H groups in total. The van der Waals surface area contributed by atoms with Gasteiger partial charge in [0, 0.05) is 16.4 Å². The second-order valence-electron chi connectivity index (χ2n) is 3.98. The number of nitrogens with one attached hydrogen (secondary N) is 1. The smallest absolute Gasteiger partial charge is 0.423 e. The molecule has 0 amide bonds. The van der Waals surface area contributed by atoms with E-state index >= 15 is 0 Å². The van der Waals surface area contributed by atoms with Crippen molar-refractivity contribution in [1.82, 2.24) is 9.97 Å². The molecule has 2 rings (SSSR count). The van der Waals surface area contributed by atoms with E-state index < -0.39 is 17.6 Å². The van der Waals surface area contributed by atoms with Crippen molar-refractivity contribution in [3.63, 3.8) is 0 Å². The van der Waals surface area contributed by atoms with Crippen molar-refractivity contribution < 1.29 is 17.9 Å². The van der Waals surface area contributed by atoms with Crippen molar-refractivity contribution in [1.29, 1.82) is 0 Å². The minimum Gasteiger partial charge on any atom is -0.477 e. The van der Waals surface area contributed by atoms with E-state index in [0.29, 0.717) is 11.9 Å². The molecular weight excluding hydrogens is 351 g/mol. The summed E-state index contributed by atoms with van der Waals surface area (Å²) in [5.74, 6) is -0.456. The fraction of sp³-hybridized carbons (Fsp3) is 0.231. The van der Waals surface area contributed by atoms with Crippen LogP contribution in [0.3, 0.4) is 0 Å². The lowest BCUT2D eigenvalue weighted by Crippen LogP contribution is -2.12. The molecule has 0 aliphatic rings. The normalized spacial score (nSPS) is 11.3. The maximum Gasteiger partial charge on any atom is 0.423 e. The van der Waals surface area contributed by atoms with Crippen molar-refractivity contribution in [2.24, 2.45) is 0 Å². The lowest BCUT2D eigenvalue weighted by atomic mass is 10.3. The summed E-state index contributed by atoms with van der Waals surface area (Å²) in [6, 6.07) is 7.10. The second-order valence-corrected chi connectivity index (χ2v) is 4.89. The minimum absolute atomic E-state index is 0.0320. The summed E-state index contributed by atoms with van der Waals surface area (Å²) in [5.41, 5.74) is -0.351. The third kappa shape index (κ3) is 4.07. The molecule has 0 saturated heterocycles. The van der Waals surface area contributed by atoms with Gasteiger partial charge in [-0.3, -0.25) is 0 Å². The van der Waals surface area contributed by atoms with E-state index in [2.05, 4.69) is 31.2 Å². The number of halogens is 4. The van der Waals surface area contributed by atoms with Gasteiger partial charge >= 0.3 is 6.18 Å². The van der Waals surface area contributed by atoms with E-state index in [0.717, 1.165) is 4.47 Å². The van der Waals surface area contributed by atoms with E-state index in [-0.39, 0.29) is 12.6 Å². The number of benzene rings is 1. The standard InChI is InChI=1S/C13H11BrF3N3O/c1-2-21-11-10(13(15,16)17)7-18-12(20-11)19-9-5-3-4-8(14)6-9/h3-7H,2H2,1H3,(H,18,19,20). The summed E-state index contributed by atoms with van der Waals surface area (Å²) in [5, 5.41) is 2.82. The first-order valence-corrected chi connectivity index (χ1v) is 6.79. The SMILES string of the molecule is CCOc1nc(Nc2cccc(Br)c2)ncc1C(F)(F)F. The molecular formula is C13H11BrF3N3O. The Morgan fingerprint density at radius 1 is 1.33 bits per heavy atom. The summed E-state index contributed by atoms with van der Waals surface area (Å²) in [6.45, 7) is 1.67. The average molecular weight is 362 g/mol. The fourth-order valence-corrected chi connectivity index (χ4v) is 1.96. The van der Waals surface area contributed by atoms with Crippen LogP contribution in [-0.4, -0.2) is 16.6 Å². The number of nitrogens with zero attached hydrogens (tertiary/aromatic N) is 2. The highest BCUT2D eigenvalue weighted by Gasteiger charge is 2.36. The predicted molar refractivity (Wildman–Crippen MR) is 75.6 cm³/mol. The highest BCUT2D eigenvalue weighted by Crippen LogP contribution is 2.35. The molecule has 2 aromatic rings. The van der Waals surface area contributed by atoms with E-state index in [1.807, 2.05) is 6.07 Å². The number of rotatable bonds is 4. The van der Waals surface area contributed by atoms with Gasteiger partial charge in [0.15, 0.2) is 0 Å². The molecule has 1 aromatic heterocycles. The van der Waals surface area contributed by atoms with Crippen LogP contribution in [0.2, 0.25) is 0 Å². The predicted octanol–water partition coefficient (Wildman–Crippen LogP) is 4.40. The highest BCUT2D eigenvalue weighted by atomic mass is 79.9. The number of aromatic nitrogens is 2. The van der Waals surface area contributed by atoms with Gasteiger partial charge in [-0.15, -0.1) is 0 Å². The third-order valence-electron chi connectivity index (χ3n) is 2.42. The second kappa shape index (κ2) is 6.30. The highest BCUT2D eigenvalue weighted by molar-refractivity contribution is 9.10. The van der Waals surface area contributed by atoms with Crippen LogP contribution in [0.1, 0.15) is 12.5 Å². The molecule has 8 heteroatoms. The molecule has 0 spiro atoms. The van der Waals surface area contributed by atoms with Gasteiger partial charge in [-0.05, 0) is 25.1 Å². The van der Waals surface area contributed by atoms with Crippen molar-refractivity contribution in [3.05, 3.63) is 40.5 Å². The van der Waals surface area contributed by atoms with E-state index in [9.17, 15) is 13.2 Å². The summed E-state index contributed by atoms with van der Waals surface area (Å²) >= 11 is 3.30. The summed E-state index contributed by atoms with van der Waals surface area (Å²) in [7, 11) is 0. The molecule has 0 radical (unpaired) electrons. The summed E-state index contributed by atoms with van der Waals surface area (Å²) in [6.07, 6.45) is -3.85. The van der Waals surface area contributed by atoms with Crippen LogP contribution in [-0.2, 0) is 6.18 Å². The maximum absolute atomic E-state index is 12.8. The van der Waals surface area contributed by atoms with Crippen molar-refractivity contribution >= 4 is 27.6 Å². The molecule has 0 unspecified atom stereocenters. The first kappa shape index (κ1) is 15.6. The van der Waals surface area contributed by atoms with Crippen LogP contribution in [0.25, 0.3) is 0 Å². The molecule has 1 aromatic carbocycles. The molecule has 21 heavy (non-hydrogen) atoms.